The fraction of sp³-hybridized carbons (Fsp3) is 0.111. The first-order chi connectivity index (χ1) is 6.75. The van der Waals surface area contributed by atoms with Gasteiger partial charge in [-0.05, 0) is 18.6 Å². The third kappa shape index (κ3) is 1.66. The lowest BCUT2D eigenvalue weighted by molar-refractivity contribution is 1.07. The Morgan fingerprint density at radius 2 is 1.79 bits per heavy atom. The van der Waals surface area contributed by atoms with Crippen LogP contribution in [-0.4, -0.2) is 19.9 Å². The molecule has 2 rings (SSSR count). The Morgan fingerprint density at radius 1 is 1.07 bits per heavy atom. The second kappa shape index (κ2) is 3.37. The molecule has 0 fully saturated rings. The molecule has 5 nitrogen and oxygen atoms in total. The molecule has 0 aliphatic rings. The zero-order valence-corrected chi connectivity index (χ0v) is 7.68. The maximum atomic E-state index is 5.52. The highest BCUT2D eigenvalue weighted by Crippen LogP contribution is 2.08. The van der Waals surface area contributed by atoms with E-state index in [9.17, 15) is 0 Å². The van der Waals surface area contributed by atoms with Crippen LogP contribution in [0, 0.1) is 6.92 Å². The molecule has 0 aliphatic heterocycles. The van der Waals surface area contributed by atoms with Crippen LogP contribution in [0.25, 0.3) is 11.6 Å². The maximum Gasteiger partial charge on any atom is 0.199 e. The van der Waals surface area contributed by atoms with Crippen molar-refractivity contribution in [2.45, 2.75) is 6.92 Å². The highest BCUT2D eigenvalue weighted by Gasteiger charge is 2.03. The van der Waals surface area contributed by atoms with E-state index in [0.717, 1.165) is 5.56 Å². The van der Waals surface area contributed by atoms with Gasteiger partial charge < -0.3 is 5.73 Å². The molecule has 0 radical (unpaired) electrons. The van der Waals surface area contributed by atoms with Gasteiger partial charge in [-0.15, -0.1) is 0 Å². The van der Waals surface area contributed by atoms with E-state index in [1.165, 1.54) is 0 Å². The van der Waals surface area contributed by atoms with E-state index in [4.69, 9.17) is 5.73 Å². The van der Waals surface area contributed by atoms with Crippen LogP contribution in [0.4, 0.5) is 5.82 Å². The van der Waals surface area contributed by atoms with E-state index in [1.54, 1.807) is 24.7 Å². The van der Waals surface area contributed by atoms with Gasteiger partial charge in [0, 0.05) is 18.6 Å². The van der Waals surface area contributed by atoms with Crippen LogP contribution in [0.2, 0.25) is 0 Å². The quantitative estimate of drug-likeness (QED) is 0.715. The average molecular weight is 187 g/mol. The fourth-order valence-electron chi connectivity index (χ4n) is 0.988. The predicted octanol–water partition coefficient (Wildman–Crippen LogP) is 0.824. The lowest BCUT2D eigenvalue weighted by atomic mass is 10.4. The molecule has 70 valence electrons. The van der Waals surface area contributed by atoms with Gasteiger partial charge >= 0.3 is 0 Å². The smallest absolute Gasteiger partial charge is 0.199 e. The highest BCUT2D eigenvalue weighted by molar-refractivity contribution is 5.45. The number of aryl methyl sites for hydroxylation is 1. The molecule has 2 N–H and O–H groups in total. The predicted molar refractivity (Wildman–Crippen MR) is 52.2 cm³/mol. The number of rotatable bonds is 1. The Bertz CT molecular complexity index is 437. The van der Waals surface area contributed by atoms with Gasteiger partial charge in [-0.25, -0.2) is 19.9 Å². The molecule has 0 amide bonds. The summed E-state index contributed by atoms with van der Waals surface area (Å²) >= 11 is 0. The Hall–Kier alpha value is -2.04. The first kappa shape index (κ1) is 8.55. The van der Waals surface area contributed by atoms with Crippen molar-refractivity contribution >= 4 is 5.82 Å². The minimum Gasteiger partial charge on any atom is -0.384 e. The number of anilines is 1. The van der Waals surface area contributed by atoms with Crippen molar-refractivity contribution in [1.82, 2.24) is 19.9 Å². The third-order valence-electron chi connectivity index (χ3n) is 1.66. The van der Waals surface area contributed by atoms with Gasteiger partial charge in [-0.2, -0.15) is 0 Å². The summed E-state index contributed by atoms with van der Waals surface area (Å²) in [6, 6.07) is 1.62. The van der Waals surface area contributed by atoms with Crippen molar-refractivity contribution in [3.05, 3.63) is 30.2 Å². The summed E-state index contributed by atoms with van der Waals surface area (Å²) in [6.45, 7) is 1.92. The average Bonchev–Trinajstić information content (AvgIpc) is 2.19. The van der Waals surface area contributed by atoms with Crippen LogP contribution in [-0.2, 0) is 0 Å². The molecule has 14 heavy (non-hydrogen) atoms. The van der Waals surface area contributed by atoms with Gasteiger partial charge in [-0.1, -0.05) is 0 Å². The Morgan fingerprint density at radius 3 is 2.43 bits per heavy atom. The summed E-state index contributed by atoms with van der Waals surface area (Å²) in [4.78, 5) is 16.2. The molecule has 0 unspecified atom stereocenters. The molecule has 2 aromatic rings. The minimum absolute atomic E-state index is 0.416. The normalized spacial score (nSPS) is 10.1. The topological polar surface area (TPSA) is 77.6 Å². The van der Waals surface area contributed by atoms with Crippen molar-refractivity contribution in [3.8, 4) is 11.6 Å². The van der Waals surface area contributed by atoms with E-state index in [2.05, 4.69) is 19.9 Å². The van der Waals surface area contributed by atoms with Gasteiger partial charge in [0.05, 0.1) is 0 Å². The third-order valence-corrected chi connectivity index (χ3v) is 1.66. The number of hydrogen-bond acceptors (Lipinski definition) is 5. The molecule has 2 heterocycles. The maximum absolute atomic E-state index is 5.52. The van der Waals surface area contributed by atoms with Crippen LogP contribution in [0.3, 0.4) is 0 Å². The van der Waals surface area contributed by atoms with Crippen molar-refractivity contribution in [1.29, 1.82) is 0 Å². The van der Waals surface area contributed by atoms with Gasteiger partial charge in [0.2, 0.25) is 0 Å². The van der Waals surface area contributed by atoms with Gasteiger partial charge in [0.1, 0.15) is 5.82 Å². The molecule has 0 saturated carbocycles. The molecule has 0 bridgehead atoms. The number of nitrogens with two attached hydrogens (primary N) is 1. The lowest BCUT2D eigenvalue weighted by Crippen LogP contribution is -1.98. The second-order valence-electron chi connectivity index (χ2n) is 2.89. The summed E-state index contributed by atoms with van der Waals surface area (Å²) < 4.78 is 0. The monoisotopic (exact) mass is 187 g/mol. The highest BCUT2D eigenvalue weighted by atomic mass is 15.0. The van der Waals surface area contributed by atoms with Crippen molar-refractivity contribution in [3.63, 3.8) is 0 Å². The Labute approximate surface area is 81.1 Å². The van der Waals surface area contributed by atoms with Crippen LogP contribution in [0.5, 0.6) is 0 Å². The first-order valence-electron chi connectivity index (χ1n) is 4.13. The molecule has 5 heteroatoms. The summed E-state index contributed by atoms with van der Waals surface area (Å²) in [6.07, 6.45) is 5.02. The molecular formula is C9H9N5. The standard InChI is InChI=1S/C9H9N5/c1-6-4-12-8(13-5-6)9-11-3-2-7(10)14-9/h2-5H,1H3,(H2,10,11,14). The summed E-state index contributed by atoms with van der Waals surface area (Å²) in [5.41, 5.74) is 6.52. The summed E-state index contributed by atoms with van der Waals surface area (Å²) in [7, 11) is 0. The molecule has 0 spiro atoms. The molecule has 0 saturated heterocycles. The van der Waals surface area contributed by atoms with Gasteiger partial charge in [0.25, 0.3) is 0 Å². The minimum atomic E-state index is 0.416. The molecule has 0 atom stereocenters. The lowest BCUT2D eigenvalue weighted by Gasteiger charge is -1.98. The number of hydrogen-bond donors (Lipinski definition) is 1. The van der Waals surface area contributed by atoms with E-state index < -0.39 is 0 Å². The Kier molecular flexibility index (Phi) is 2.06. The SMILES string of the molecule is Cc1cnc(-c2nccc(N)n2)nc1. The number of nitrogens with zero attached hydrogens (tertiary/aromatic N) is 4. The van der Waals surface area contributed by atoms with Crippen molar-refractivity contribution in [2.75, 3.05) is 5.73 Å². The number of aromatic nitrogens is 4. The van der Waals surface area contributed by atoms with E-state index in [-0.39, 0.29) is 0 Å². The Balaban J connectivity index is 2.44. The molecular weight excluding hydrogens is 178 g/mol. The van der Waals surface area contributed by atoms with Crippen molar-refractivity contribution in [2.24, 2.45) is 0 Å². The van der Waals surface area contributed by atoms with E-state index >= 15 is 0 Å². The van der Waals surface area contributed by atoms with Crippen LogP contribution < -0.4 is 5.73 Å². The molecule has 2 aromatic heterocycles. The van der Waals surface area contributed by atoms with E-state index in [1.807, 2.05) is 6.92 Å². The zero-order chi connectivity index (χ0) is 9.97. The largest absolute Gasteiger partial charge is 0.384 e. The van der Waals surface area contributed by atoms with E-state index in [0.29, 0.717) is 17.5 Å². The van der Waals surface area contributed by atoms with Gasteiger partial charge in [-0.3, -0.25) is 0 Å². The van der Waals surface area contributed by atoms with Crippen LogP contribution >= 0.6 is 0 Å². The molecule has 0 aromatic carbocycles. The molecule has 0 aliphatic carbocycles. The zero-order valence-electron chi connectivity index (χ0n) is 7.68. The summed E-state index contributed by atoms with van der Waals surface area (Å²) in [5.74, 6) is 1.35. The first-order valence-corrected chi connectivity index (χ1v) is 4.13. The van der Waals surface area contributed by atoms with Crippen LogP contribution in [0.1, 0.15) is 5.56 Å². The van der Waals surface area contributed by atoms with Crippen LogP contribution in [0.15, 0.2) is 24.7 Å². The van der Waals surface area contributed by atoms with Gasteiger partial charge in [0.15, 0.2) is 11.6 Å². The second-order valence-corrected chi connectivity index (χ2v) is 2.89. The fourth-order valence-corrected chi connectivity index (χ4v) is 0.988. The number of nitrogen functional groups attached to an aromatic ring is 1. The summed E-state index contributed by atoms with van der Waals surface area (Å²) in [5, 5.41) is 0. The van der Waals surface area contributed by atoms with Crippen molar-refractivity contribution < 1.29 is 0 Å².